The van der Waals surface area contributed by atoms with Crippen molar-refractivity contribution in [2.24, 2.45) is 17.8 Å². The second-order valence-corrected chi connectivity index (χ2v) is 15.4. The summed E-state index contributed by atoms with van der Waals surface area (Å²) in [6.45, 7) is 12.3. The van der Waals surface area contributed by atoms with Gasteiger partial charge >= 0.3 is 12.1 Å². The minimum atomic E-state index is -1.40. The topological polar surface area (TPSA) is 199 Å². The highest BCUT2D eigenvalue weighted by molar-refractivity contribution is 5.92. The first-order chi connectivity index (χ1) is 24.0. The molecular formula is C38H59N5O8. The van der Waals surface area contributed by atoms with Gasteiger partial charge in [-0.2, -0.15) is 0 Å². The molecule has 1 aliphatic rings. The summed E-state index contributed by atoms with van der Waals surface area (Å²) in [5.74, 6) is -3.41. The molecule has 7 N–H and O–H groups in total. The number of para-hydroxylation sites is 1. The highest BCUT2D eigenvalue weighted by Gasteiger charge is 2.35. The van der Waals surface area contributed by atoms with E-state index in [2.05, 4.69) is 26.3 Å². The van der Waals surface area contributed by atoms with Gasteiger partial charge in [-0.1, -0.05) is 84.4 Å². The lowest BCUT2D eigenvalue weighted by Crippen LogP contribution is -2.59. The Balaban J connectivity index is 1.86. The quantitative estimate of drug-likeness (QED) is 0.124. The summed E-state index contributed by atoms with van der Waals surface area (Å²) < 4.78 is 5.46. The first-order valence-electron chi connectivity index (χ1n) is 18.3. The molecule has 4 amide bonds. The summed E-state index contributed by atoms with van der Waals surface area (Å²) >= 11 is 0. The number of nitrogens with one attached hydrogen (secondary N) is 5. The monoisotopic (exact) mass is 713 g/mol. The summed E-state index contributed by atoms with van der Waals surface area (Å²) in [6.07, 6.45) is 5.41. The number of H-pyrrole nitrogens is 1. The fourth-order valence-electron chi connectivity index (χ4n) is 6.56. The number of aliphatic hydroxyl groups is 1. The highest BCUT2D eigenvalue weighted by atomic mass is 16.6. The minimum Gasteiger partial charge on any atom is -0.480 e. The summed E-state index contributed by atoms with van der Waals surface area (Å²) in [6, 6.07) is 3.48. The highest BCUT2D eigenvalue weighted by Crippen LogP contribution is 2.28. The zero-order valence-corrected chi connectivity index (χ0v) is 31.2. The van der Waals surface area contributed by atoms with Crippen molar-refractivity contribution in [2.75, 3.05) is 0 Å². The molecule has 1 aromatic heterocycles. The van der Waals surface area contributed by atoms with Crippen LogP contribution in [0.15, 0.2) is 30.5 Å². The first-order valence-corrected chi connectivity index (χ1v) is 18.3. The number of ether oxygens (including phenoxy) is 1. The molecule has 1 aliphatic carbocycles. The third-order valence-electron chi connectivity index (χ3n) is 9.65. The molecule has 284 valence electrons. The Morgan fingerprint density at radius 1 is 0.922 bits per heavy atom. The zero-order chi connectivity index (χ0) is 37.9. The van der Waals surface area contributed by atoms with Crippen LogP contribution in [0.25, 0.3) is 10.9 Å². The third-order valence-corrected chi connectivity index (χ3v) is 9.65. The maximum atomic E-state index is 14.1. The predicted molar refractivity (Wildman–Crippen MR) is 195 cm³/mol. The number of alkyl carbamates (subject to hydrolysis) is 1. The summed E-state index contributed by atoms with van der Waals surface area (Å²) in [5, 5.41) is 32.9. The van der Waals surface area contributed by atoms with Crippen molar-refractivity contribution in [1.82, 2.24) is 26.3 Å². The van der Waals surface area contributed by atoms with Gasteiger partial charge in [-0.3, -0.25) is 14.4 Å². The molecule has 0 spiro atoms. The maximum Gasteiger partial charge on any atom is 0.408 e. The fraction of sp³-hybridized carbons (Fsp3) is 0.658. The molecule has 1 aromatic carbocycles. The number of amides is 4. The van der Waals surface area contributed by atoms with Gasteiger partial charge < -0.3 is 41.2 Å². The van der Waals surface area contributed by atoms with E-state index in [1.54, 1.807) is 40.8 Å². The molecule has 13 nitrogen and oxygen atoms in total. The number of aromatic amines is 1. The number of fused-ring (bicyclic) bond motifs is 1. The Labute approximate surface area is 301 Å². The van der Waals surface area contributed by atoms with Crippen molar-refractivity contribution in [2.45, 2.75) is 142 Å². The second-order valence-electron chi connectivity index (χ2n) is 15.4. The van der Waals surface area contributed by atoms with Crippen LogP contribution in [0.2, 0.25) is 0 Å². The van der Waals surface area contributed by atoms with Crippen molar-refractivity contribution in [3.63, 3.8) is 0 Å². The molecule has 1 saturated carbocycles. The Morgan fingerprint density at radius 2 is 1.59 bits per heavy atom. The largest absolute Gasteiger partial charge is 0.480 e. The van der Waals surface area contributed by atoms with Crippen LogP contribution in [0.3, 0.4) is 0 Å². The number of aromatic nitrogens is 1. The maximum absolute atomic E-state index is 14.1. The van der Waals surface area contributed by atoms with E-state index in [1.165, 1.54) is 0 Å². The lowest BCUT2D eigenvalue weighted by atomic mass is 9.84. The molecule has 13 heteroatoms. The minimum absolute atomic E-state index is 0.141. The number of rotatable bonds is 17. The molecule has 2 aromatic rings. The van der Waals surface area contributed by atoms with Crippen LogP contribution < -0.4 is 21.3 Å². The van der Waals surface area contributed by atoms with Crippen LogP contribution in [0.5, 0.6) is 0 Å². The number of aliphatic hydroxyl groups excluding tert-OH is 1. The van der Waals surface area contributed by atoms with Gasteiger partial charge in [0.25, 0.3) is 0 Å². The van der Waals surface area contributed by atoms with E-state index >= 15 is 0 Å². The predicted octanol–water partition coefficient (Wildman–Crippen LogP) is 4.57. The standard InChI is InChI=1S/C38H59N5O8/c1-8-23(4)33(43-34(46)29(18-24-14-10-9-11-15-24)41-37(50)51-38(5,6)7)35(47)40-28(19-25-21-39-27-17-13-12-16-26(25)27)30(44)20-31(45)42-32(22(2)3)36(48)49/h12-13,16-17,21-24,28-30,32-33,39,44H,8-11,14-15,18-20H2,1-7H3,(H,40,47)(H,41,50)(H,42,45)(H,43,46)(H,48,49)/t23?,28-,29-,30?,32-,33-/m0/s1. The number of carbonyl (C=O) groups is 5. The Kier molecular flexibility index (Phi) is 15.3. The average Bonchev–Trinajstić information content (AvgIpc) is 3.46. The molecule has 3 rings (SSSR count). The van der Waals surface area contributed by atoms with Crippen LogP contribution in [-0.4, -0.2) is 80.9 Å². The average molecular weight is 714 g/mol. The van der Waals surface area contributed by atoms with Gasteiger partial charge in [0, 0.05) is 17.1 Å². The smallest absolute Gasteiger partial charge is 0.408 e. The van der Waals surface area contributed by atoms with Gasteiger partial charge in [-0.15, -0.1) is 0 Å². The van der Waals surface area contributed by atoms with Crippen LogP contribution >= 0.6 is 0 Å². The molecule has 51 heavy (non-hydrogen) atoms. The molecule has 0 radical (unpaired) electrons. The van der Waals surface area contributed by atoms with E-state index < -0.39 is 78.0 Å². The van der Waals surface area contributed by atoms with Gasteiger partial charge in [0.15, 0.2) is 0 Å². The van der Waals surface area contributed by atoms with Crippen molar-refractivity contribution < 1.29 is 38.9 Å². The number of aliphatic carboxylic acids is 1. The van der Waals surface area contributed by atoms with E-state index in [1.807, 2.05) is 38.1 Å². The van der Waals surface area contributed by atoms with Crippen LogP contribution in [0.4, 0.5) is 4.79 Å². The summed E-state index contributed by atoms with van der Waals surface area (Å²) in [4.78, 5) is 68.7. The van der Waals surface area contributed by atoms with Crippen molar-refractivity contribution in [1.29, 1.82) is 0 Å². The van der Waals surface area contributed by atoms with E-state index in [-0.39, 0.29) is 18.3 Å². The molecule has 0 aliphatic heterocycles. The van der Waals surface area contributed by atoms with Crippen molar-refractivity contribution >= 4 is 40.7 Å². The van der Waals surface area contributed by atoms with E-state index in [4.69, 9.17) is 4.74 Å². The van der Waals surface area contributed by atoms with Crippen LogP contribution in [0, 0.1) is 17.8 Å². The third kappa shape index (κ3) is 12.9. The van der Waals surface area contributed by atoms with Gasteiger partial charge in [-0.05, 0) is 63.0 Å². The molecule has 1 fully saturated rings. The van der Waals surface area contributed by atoms with Crippen LogP contribution in [-0.2, 0) is 30.3 Å². The Hall–Kier alpha value is -4.13. The van der Waals surface area contributed by atoms with Gasteiger partial charge in [-0.25, -0.2) is 9.59 Å². The van der Waals surface area contributed by atoms with Crippen molar-refractivity contribution in [3.05, 3.63) is 36.0 Å². The molecule has 2 unspecified atom stereocenters. The summed E-state index contributed by atoms with van der Waals surface area (Å²) in [7, 11) is 0. The Morgan fingerprint density at radius 3 is 2.20 bits per heavy atom. The number of benzene rings is 1. The lowest BCUT2D eigenvalue weighted by Gasteiger charge is -2.32. The number of carboxylic acid groups (broad SMARTS) is 1. The van der Waals surface area contributed by atoms with Crippen LogP contribution in [0.1, 0.15) is 105 Å². The normalized spacial score (nSPS) is 17.4. The molecule has 1 heterocycles. The van der Waals surface area contributed by atoms with E-state index in [9.17, 15) is 34.2 Å². The molecule has 6 atom stereocenters. The number of hydrogen-bond acceptors (Lipinski definition) is 7. The number of carboxylic acids is 1. The first kappa shape index (κ1) is 41.3. The second kappa shape index (κ2) is 18.9. The zero-order valence-electron chi connectivity index (χ0n) is 31.2. The van der Waals surface area contributed by atoms with E-state index in [0.29, 0.717) is 12.8 Å². The van der Waals surface area contributed by atoms with Gasteiger partial charge in [0.2, 0.25) is 17.7 Å². The van der Waals surface area contributed by atoms with E-state index in [0.717, 1.165) is 48.6 Å². The Bertz CT molecular complexity index is 1480. The summed E-state index contributed by atoms with van der Waals surface area (Å²) in [5.41, 5.74) is 0.882. The number of carbonyl (C=O) groups excluding carboxylic acids is 4. The molecule has 0 saturated heterocycles. The molecular weight excluding hydrogens is 654 g/mol. The van der Waals surface area contributed by atoms with Gasteiger partial charge in [0.05, 0.1) is 18.6 Å². The fourth-order valence-corrected chi connectivity index (χ4v) is 6.56. The molecule has 0 bridgehead atoms. The van der Waals surface area contributed by atoms with Crippen molar-refractivity contribution in [3.8, 4) is 0 Å². The SMILES string of the molecule is CCC(C)[C@H](NC(=O)[C@H](CC1CCCCC1)NC(=O)OC(C)(C)C)C(=O)N[C@@H](Cc1c[nH]c2ccccc12)C(O)CC(=O)N[C@H](C(=O)O)C(C)C. The number of hydrogen-bond donors (Lipinski definition) is 7. The van der Waals surface area contributed by atoms with Gasteiger partial charge in [0.1, 0.15) is 23.7 Å². The lowest BCUT2D eigenvalue weighted by molar-refractivity contribution is -0.143.